The molecule has 5 rings (SSSR count). The second kappa shape index (κ2) is 9.85. The summed E-state index contributed by atoms with van der Waals surface area (Å²) in [6, 6.07) is 15.8. The first-order valence-electron chi connectivity index (χ1n) is 12.1. The molecule has 9 heteroatoms. The van der Waals surface area contributed by atoms with Gasteiger partial charge in [0.2, 0.25) is 5.91 Å². The smallest absolute Gasteiger partial charge is 0.281 e. The Morgan fingerprint density at radius 1 is 0.941 bits per heavy atom. The summed E-state index contributed by atoms with van der Waals surface area (Å²) < 4.78 is 28.7. The first-order chi connectivity index (χ1) is 16.5. The third-order valence-electron chi connectivity index (χ3n) is 6.89. The molecule has 2 saturated heterocycles. The van der Waals surface area contributed by atoms with Gasteiger partial charge in [-0.15, -0.1) is 0 Å². The number of para-hydroxylation sites is 3. The maximum absolute atomic E-state index is 13.0. The van der Waals surface area contributed by atoms with Gasteiger partial charge in [-0.1, -0.05) is 30.3 Å². The van der Waals surface area contributed by atoms with Crippen LogP contribution in [0.15, 0.2) is 48.5 Å². The molecule has 1 amide bonds. The predicted molar refractivity (Wildman–Crippen MR) is 133 cm³/mol. The average molecular weight is 482 g/mol. The number of anilines is 1. The summed E-state index contributed by atoms with van der Waals surface area (Å²) in [6.07, 6.45) is 4.43. The minimum Gasteiger partial charge on any atom is -0.342 e. The summed E-state index contributed by atoms with van der Waals surface area (Å²) in [6.45, 7) is 2.00. The number of aromatic nitrogens is 2. The van der Waals surface area contributed by atoms with Crippen LogP contribution in [0.2, 0.25) is 0 Å². The molecule has 0 radical (unpaired) electrons. The lowest BCUT2D eigenvalue weighted by atomic mass is 9.96. The van der Waals surface area contributed by atoms with Crippen molar-refractivity contribution in [3.05, 3.63) is 59.9 Å². The van der Waals surface area contributed by atoms with Crippen LogP contribution >= 0.6 is 0 Å². The summed E-state index contributed by atoms with van der Waals surface area (Å²) in [5.74, 6) is 0.705. The highest BCUT2D eigenvalue weighted by atomic mass is 32.2. The predicted octanol–water partition coefficient (Wildman–Crippen LogP) is 3.34. The zero-order valence-electron chi connectivity index (χ0n) is 19.2. The summed E-state index contributed by atoms with van der Waals surface area (Å²) in [5, 5.41) is 3.10. The van der Waals surface area contributed by atoms with Gasteiger partial charge in [-0.2, -0.15) is 17.0 Å². The number of piperidine rings is 1. The Morgan fingerprint density at radius 2 is 1.62 bits per heavy atom. The molecule has 0 bridgehead atoms. The van der Waals surface area contributed by atoms with E-state index in [4.69, 9.17) is 0 Å². The highest BCUT2D eigenvalue weighted by Crippen LogP contribution is 2.26. The van der Waals surface area contributed by atoms with Gasteiger partial charge >= 0.3 is 0 Å². The molecule has 0 unspecified atom stereocenters. The van der Waals surface area contributed by atoms with E-state index in [1.54, 1.807) is 8.61 Å². The van der Waals surface area contributed by atoms with E-state index >= 15 is 0 Å². The van der Waals surface area contributed by atoms with E-state index < -0.39 is 10.2 Å². The molecular weight excluding hydrogens is 450 g/mol. The van der Waals surface area contributed by atoms with Gasteiger partial charge in [-0.3, -0.25) is 4.79 Å². The number of carbonyl (C=O) groups is 1. The van der Waals surface area contributed by atoms with Crippen molar-refractivity contribution < 1.29 is 13.2 Å². The van der Waals surface area contributed by atoms with Crippen LogP contribution in [0.3, 0.4) is 0 Å². The number of aromatic amines is 1. The minimum absolute atomic E-state index is 0.0330. The van der Waals surface area contributed by atoms with Crippen molar-refractivity contribution in [2.75, 3.05) is 31.5 Å². The van der Waals surface area contributed by atoms with Crippen molar-refractivity contribution in [2.24, 2.45) is 5.92 Å². The topological polar surface area (TPSA) is 98.4 Å². The van der Waals surface area contributed by atoms with Crippen molar-refractivity contribution >= 4 is 32.8 Å². The Kier molecular flexibility index (Phi) is 6.67. The molecule has 2 N–H and O–H groups in total. The van der Waals surface area contributed by atoms with E-state index in [1.807, 2.05) is 48.5 Å². The van der Waals surface area contributed by atoms with Gasteiger partial charge in [0.05, 0.1) is 11.0 Å². The number of nitrogens with one attached hydrogen (secondary N) is 2. The minimum atomic E-state index is -3.39. The van der Waals surface area contributed by atoms with Crippen molar-refractivity contribution in [1.82, 2.24) is 18.6 Å². The number of amides is 1. The summed E-state index contributed by atoms with van der Waals surface area (Å²) in [7, 11) is -3.39. The number of hydrogen-bond donors (Lipinski definition) is 2. The number of hydrogen-bond acceptors (Lipinski definition) is 4. The second-order valence-corrected chi connectivity index (χ2v) is 11.1. The van der Waals surface area contributed by atoms with Gasteiger partial charge in [0.25, 0.3) is 10.2 Å². The molecule has 8 nitrogen and oxygen atoms in total. The zero-order chi connectivity index (χ0) is 23.5. The number of aryl methyl sites for hydroxylation is 2. The van der Waals surface area contributed by atoms with E-state index in [2.05, 4.69) is 15.3 Å². The Morgan fingerprint density at radius 3 is 2.38 bits per heavy atom. The number of imidazole rings is 1. The number of fused-ring (bicyclic) bond motifs is 1. The normalized spacial score (nSPS) is 18.5. The fraction of sp³-hybridized carbons (Fsp3) is 0.440. The highest BCUT2D eigenvalue weighted by molar-refractivity contribution is 7.86. The van der Waals surface area contributed by atoms with Crippen LogP contribution < -0.4 is 5.32 Å². The van der Waals surface area contributed by atoms with Crippen LogP contribution in [-0.4, -0.2) is 59.1 Å². The van der Waals surface area contributed by atoms with Crippen LogP contribution in [0.1, 0.15) is 37.1 Å². The van der Waals surface area contributed by atoms with E-state index in [0.29, 0.717) is 39.0 Å². The molecule has 1 aromatic heterocycles. The van der Waals surface area contributed by atoms with Crippen molar-refractivity contribution in [3.8, 4) is 0 Å². The van der Waals surface area contributed by atoms with Crippen LogP contribution in [0, 0.1) is 5.92 Å². The van der Waals surface area contributed by atoms with Gasteiger partial charge in [-0.25, -0.2) is 4.98 Å². The molecule has 2 fully saturated rings. The lowest BCUT2D eigenvalue weighted by Crippen LogP contribution is -2.47. The van der Waals surface area contributed by atoms with Crippen LogP contribution in [0.25, 0.3) is 11.0 Å². The van der Waals surface area contributed by atoms with E-state index in [0.717, 1.165) is 53.8 Å². The first kappa shape index (κ1) is 23.0. The van der Waals surface area contributed by atoms with E-state index in [-0.39, 0.29) is 11.8 Å². The summed E-state index contributed by atoms with van der Waals surface area (Å²) >= 11 is 0. The SMILES string of the molecule is O=C(Nc1ccccc1CCc1nc2ccccc2[nH]1)C1CCN(S(=O)(=O)N2CCCC2)CC1. The van der Waals surface area contributed by atoms with Crippen molar-refractivity contribution in [1.29, 1.82) is 0 Å². The first-order valence-corrected chi connectivity index (χ1v) is 13.5. The van der Waals surface area contributed by atoms with Crippen LogP contribution in [0.4, 0.5) is 5.69 Å². The average Bonchev–Trinajstić information content (AvgIpc) is 3.54. The molecule has 3 heterocycles. The molecule has 0 saturated carbocycles. The van der Waals surface area contributed by atoms with Crippen LogP contribution in [-0.2, 0) is 27.8 Å². The molecule has 0 aliphatic carbocycles. The Bertz CT molecular complexity index is 1230. The Labute approximate surface area is 200 Å². The Balaban J connectivity index is 1.18. The molecule has 2 aliphatic rings. The highest BCUT2D eigenvalue weighted by Gasteiger charge is 2.35. The molecular formula is C25H31N5O3S. The number of carbonyl (C=O) groups excluding carboxylic acids is 1. The van der Waals surface area contributed by atoms with E-state index in [1.165, 1.54) is 0 Å². The summed E-state index contributed by atoms with van der Waals surface area (Å²) in [5.41, 5.74) is 3.86. The Hall–Kier alpha value is -2.75. The maximum atomic E-state index is 13.0. The number of nitrogens with zero attached hydrogens (tertiary/aromatic N) is 3. The van der Waals surface area contributed by atoms with Gasteiger partial charge in [-0.05, 0) is 55.9 Å². The lowest BCUT2D eigenvalue weighted by Gasteiger charge is -2.33. The molecule has 180 valence electrons. The summed E-state index contributed by atoms with van der Waals surface area (Å²) in [4.78, 5) is 21.0. The fourth-order valence-electron chi connectivity index (χ4n) is 4.90. The maximum Gasteiger partial charge on any atom is 0.281 e. The van der Waals surface area contributed by atoms with Crippen LogP contribution in [0.5, 0.6) is 0 Å². The van der Waals surface area contributed by atoms with Crippen molar-refractivity contribution in [3.63, 3.8) is 0 Å². The third-order valence-corrected chi connectivity index (χ3v) is 8.92. The molecule has 3 aromatic rings. The zero-order valence-corrected chi connectivity index (χ0v) is 20.1. The number of benzene rings is 2. The monoisotopic (exact) mass is 481 g/mol. The standard InChI is InChI=1S/C25H31N5O3S/c31-25(20-13-17-30(18-14-20)34(32,33)29-15-5-6-16-29)28-21-8-2-1-7-19(21)11-12-24-26-22-9-3-4-10-23(22)27-24/h1-4,7-10,20H,5-6,11-18H2,(H,26,27)(H,28,31). The molecule has 2 aliphatic heterocycles. The van der Waals surface area contributed by atoms with Gasteiger partial charge < -0.3 is 10.3 Å². The number of H-pyrrole nitrogens is 1. The van der Waals surface area contributed by atoms with Crippen molar-refractivity contribution in [2.45, 2.75) is 38.5 Å². The van der Waals surface area contributed by atoms with E-state index in [9.17, 15) is 13.2 Å². The lowest BCUT2D eigenvalue weighted by molar-refractivity contribution is -0.120. The molecule has 34 heavy (non-hydrogen) atoms. The van der Waals surface area contributed by atoms with Gasteiger partial charge in [0, 0.05) is 44.2 Å². The third kappa shape index (κ3) is 4.87. The molecule has 2 aromatic carbocycles. The fourth-order valence-corrected chi connectivity index (χ4v) is 6.62. The number of rotatable bonds is 7. The molecule has 0 atom stereocenters. The second-order valence-electron chi connectivity index (χ2n) is 9.13. The van der Waals surface area contributed by atoms with Gasteiger partial charge in [0.15, 0.2) is 0 Å². The molecule has 0 spiro atoms. The quantitative estimate of drug-likeness (QED) is 0.541. The largest absolute Gasteiger partial charge is 0.342 e. The van der Waals surface area contributed by atoms with Gasteiger partial charge in [0.1, 0.15) is 5.82 Å².